The van der Waals surface area contributed by atoms with E-state index in [1.54, 1.807) is 48.7 Å². The number of carbonyl (C=O) groups is 1. The summed E-state index contributed by atoms with van der Waals surface area (Å²) in [6.45, 7) is 1.42. The summed E-state index contributed by atoms with van der Waals surface area (Å²) in [5.41, 5.74) is 1.75. The lowest BCUT2D eigenvalue weighted by atomic mass is 9.97. The van der Waals surface area contributed by atoms with Gasteiger partial charge in [-0.05, 0) is 68.0 Å². The zero-order valence-corrected chi connectivity index (χ0v) is 22.1. The molecule has 11 nitrogen and oxygen atoms in total. The third kappa shape index (κ3) is 5.50. The Hall–Kier alpha value is -4.58. The number of fused-ring (bicyclic) bond motifs is 3. The highest BCUT2D eigenvalue weighted by Gasteiger charge is 2.21. The molecule has 0 unspecified atom stereocenters. The topological polar surface area (TPSA) is 138 Å². The van der Waals surface area contributed by atoms with Gasteiger partial charge in [0.25, 0.3) is 17.2 Å². The summed E-state index contributed by atoms with van der Waals surface area (Å²) in [6, 6.07) is 10.7. The van der Waals surface area contributed by atoms with Crippen molar-refractivity contribution in [3.63, 3.8) is 0 Å². The number of ether oxygens (including phenoxy) is 2. The van der Waals surface area contributed by atoms with Gasteiger partial charge >= 0.3 is 0 Å². The van der Waals surface area contributed by atoms with Gasteiger partial charge in [-0.15, -0.1) is 11.3 Å². The van der Waals surface area contributed by atoms with Crippen molar-refractivity contribution in [2.45, 2.75) is 32.6 Å². The molecular weight excluding hydrogens is 522 g/mol. The monoisotopic (exact) mass is 547 g/mol. The Balaban J connectivity index is 1.30. The third-order valence-corrected chi connectivity index (χ3v) is 7.52. The van der Waals surface area contributed by atoms with Gasteiger partial charge in [0.15, 0.2) is 18.1 Å². The fourth-order valence-corrected chi connectivity index (χ4v) is 5.78. The summed E-state index contributed by atoms with van der Waals surface area (Å²) >= 11 is 1.60. The molecule has 39 heavy (non-hydrogen) atoms. The van der Waals surface area contributed by atoms with Gasteiger partial charge < -0.3 is 14.8 Å². The van der Waals surface area contributed by atoms with E-state index < -0.39 is 10.8 Å². The van der Waals surface area contributed by atoms with Crippen LogP contribution >= 0.6 is 11.3 Å². The molecule has 0 bridgehead atoms. The third-order valence-electron chi connectivity index (χ3n) is 6.34. The van der Waals surface area contributed by atoms with Gasteiger partial charge in [0, 0.05) is 22.7 Å². The average molecular weight is 548 g/mol. The van der Waals surface area contributed by atoms with Crippen LogP contribution in [-0.2, 0) is 17.6 Å². The molecule has 1 aliphatic rings. The van der Waals surface area contributed by atoms with Gasteiger partial charge in [-0.1, -0.05) is 6.07 Å². The number of nitro benzene ring substituents is 1. The van der Waals surface area contributed by atoms with Crippen molar-refractivity contribution in [2.75, 3.05) is 19.0 Å². The van der Waals surface area contributed by atoms with Crippen LogP contribution in [0.25, 0.3) is 10.2 Å². The molecule has 0 saturated carbocycles. The van der Waals surface area contributed by atoms with Gasteiger partial charge in [-0.25, -0.2) is 4.98 Å². The molecular formula is C27H25N5O6S. The number of hydrogen-bond donors (Lipinski definition) is 1. The molecule has 0 atom stereocenters. The summed E-state index contributed by atoms with van der Waals surface area (Å²) in [4.78, 5) is 42.7. The largest absolute Gasteiger partial charge is 0.493 e. The molecule has 0 saturated heterocycles. The van der Waals surface area contributed by atoms with Crippen LogP contribution in [0.1, 0.15) is 34.7 Å². The highest BCUT2D eigenvalue weighted by molar-refractivity contribution is 7.18. The molecule has 0 aliphatic heterocycles. The number of aryl methyl sites for hydroxylation is 3. The summed E-state index contributed by atoms with van der Waals surface area (Å²) < 4.78 is 12.3. The zero-order valence-electron chi connectivity index (χ0n) is 21.3. The van der Waals surface area contributed by atoms with Crippen LogP contribution in [0.5, 0.6) is 11.5 Å². The number of hydrogen-bond acceptors (Lipinski definition) is 9. The van der Waals surface area contributed by atoms with E-state index in [0.29, 0.717) is 28.3 Å². The molecule has 12 heteroatoms. The van der Waals surface area contributed by atoms with Gasteiger partial charge in [0.05, 0.1) is 23.6 Å². The Morgan fingerprint density at radius 1 is 1.23 bits per heavy atom. The van der Waals surface area contributed by atoms with Crippen molar-refractivity contribution in [2.24, 2.45) is 5.10 Å². The highest BCUT2D eigenvalue weighted by atomic mass is 32.1. The first-order chi connectivity index (χ1) is 18.8. The first kappa shape index (κ1) is 26.0. The maximum atomic E-state index is 13.3. The van der Waals surface area contributed by atoms with Gasteiger partial charge in [0.1, 0.15) is 10.7 Å². The van der Waals surface area contributed by atoms with E-state index in [4.69, 9.17) is 9.47 Å². The van der Waals surface area contributed by atoms with Crippen LogP contribution in [0.2, 0.25) is 0 Å². The molecule has 4 aromatic rings. The van der Waals surface area contributed by atoms with Crippen LogP contribution in [0.3, 0.4) is 0 Å². The van der Waals surface area contributed by atoms with Crippen molar-refractivity contribution >= 4 is 45.0 Å². The van der Waals surface area contributed by atoms with Gasteiger partial charge in [-0.3, -0.25) is 19.7 Å². The number of carbonyl (C=O) groups excluding carboxylic acids is 1. The lowest BCUT2D eigenvalue weighted by Gasteiger charge is -2.12. The Kier molecular flexibility index (Phi) is 7.37. The molecule has 200 valence electrons. The Labute approximate surface area is 226 Å². The first-order valence-corrected chi connectivity index (χ1v) is 13.1. The Morgan fingerprint density at radius 2 is 2.05 bits per heavy atom. The summed E-state index contributed by atoms with van der Waals surface area (Å²) in [5.74, 6) is 0.706. The normalized spacial score (nSPS) is 12.9. The molecule has 1 aliphatic carbocycles. The van der Waals surface area contributed by atoms with E-state index in [-0.39, 0.29) is 23.5 Å². The van der Waals surface area contributed by atoms with E-state index in [1.807, 2.05) is 0 Å². The lowest BCUT2D eigenvalue weighted by Crippen LogP contribution is -2.21. The quantitative estimate of drug-likeness (QED) is 0.195. The maximum absolute atomic E-state index is 13.3. The first-order valence-electron chi connectivity index (χ1n) is 12.3. The van der Waals surface area contributed by atoms with E-state index in [9.17, 15) is 19.7 Å². The maximum Gasteiger partial charge on any atom is 0.283 e. The van der Waals surface area contributed by atoms with Crippen LogP contribution in [0.15, 0.2) is 52.4 Å². The van der Waals surface area contributed by atoms with Crippen molar-refractivity contribution in [1.29, 1.82) is 0 Å². The number of methoxy groups -OCH3 is 1. The van der Waals surface area contributed by atoms with Crippen molar-refractivity contribution in [3.05, 3.63) is 84.8 Å². The summed E-state index contributed by atoms with van der Waals surface area (Å²) in [5, 5.41) is 18.6. The van der Waals surface area contributed by atoms with Gasteiger partial charge in [-0.2, -0.15) is 9.78 Å². The Morgan fingerprint density at radius 3 is 2.85 bits per heavy atom. The van der Waals surface area contributed by atoms with Crippen LogP contribution in [0, 0.1) is 17.0 Å². The molecule has 2 heterocycles. The second-order valence-corrected chi connectivity index (χ2v) is 10.0. The second-order valence-electron chi connectivity index (χ2n) is 8.97. The minimum Gasteiger partial charge on any atom is -0.493 e. The van der Waals surface area contributed by atoms with Gasteiger partial charge in [0.2, 0.25) is 0 Å². The van der Waals surface area contributed by atoms with Crippen LogP contribution in [0.4, 0.5) is 11.4 Å². The number of rotatable bonds is 8. The molecule has 0 spiro atoms. The van der Waals surface area contributed by atoms with E-state index in [1.165, 1.54) is 34.9 Å². The molecule has 1 N–H and O–H groups in total. The summed E-state index contributed by atoms with van der Waals surface area (Å²) in [7, 11) is 1.47. The molecule has 2 aromatic heterocycles. The van der Waals surface area contributed by atoms with Crippen molar-refractivity contribution in [1.82, 2.24) is 9.66 Å². The predicted molar refractivity (Wildman–Crippen MR) is 148 cm³/mol. The molecule has 2 aromatic carbocycles. The van der Waals surface area contributed by atoms with Crippen molar-refractivity contribution in [3.8, 4) is 11.5 Å². The van der Waals surface area contributed by atoms with Crippen LogP contribution < -0.4 is 20.3 Å². The van der Waals surface area contributed by atoms with Crippen molar-refractivity contribution < 1.29 is 19.2 Å². The number of nitro groups is 1. The smallest absolute Gasteiger partial charge is 0.283 e. The SMILES string of the molecule is COc1cc(C=Nn2c(C)nc3sc4c(c3c2=O)CCCC4)ccc1OCC(=O)Nc1cccc([N+](=O)[O-])c1. The van der Waals surface area contributed by atoms with E-state index in [0.717, 1.165) is 36.1 Å². The lowest BCUT2D eigenvalue weighted by molar-refractivity contribution is -0.384. The summed E-state index contributed by atoms with van der Waals surface area (Å²) in [6.07, 6.45) is 5.63. The highest BCUT2D eigenvalue weighted by Crippen LogP contribution is 2.34. The molecule has 5 rings (SSSR count). The number of thiophene rings is 1. The van der Waals surface area contributed by atoms with Crippen LogP contribution in [-0.4, -0.2) is 40.4 Å². The minimum atomic E-state index is -0.538. The molecule has 0 fully saturated rings. The molecule has 1 amide bonds. The fourth-order valence-electron chi connectivity index (χ4n) is 4.48. The molecule has 0 radical (unpaired) electrons. The number of nitrogens with zero attached hydrogens (tertiary/aromatic N) is 4. The van der Waals surface area contributed by atoms with E-state index >= 15 is 0 Å². The number of amides is 1. The predicted octanol–water partition coefficient (Wildman–Crippen LogP) is 4.46. The number of nitrogens with one attached hydrogen (secondary N) is 1. The fraction of sp³-hybridized carbons (Fsp3) is 0.259. The van der Waals surface area contributed by atoms with E-state index in [2.05, 4.69) is 15.4 Å². The second kappa shape index (κ2) is 11.0. The zero-order chi connectivity index (χ0) is 27.5. The Bertz CT molecular complexity index is 1680. The number of benzene rings is 2. The average Bonchev–Trinajstić information content (AvgIpc) is 3.30. The minimum absolute atomic E-state index is 0.129. The number of anilines is 1. The number of aromatic nitrogens is 2. The number of non-ortho nitro benzene ring substituents is 1. The standard InChI is InChI=1S/C27H25N5O6S/c1-16-29-26-25(20-8-3-4-9-23(20)39-26)27(34)31(16)28-14-17-10-11-21(22(12-17)37-2)38-15-24(33)30-18-6-5-7-19(13-18)32(35)36/h5-7,10-14H,3-4,8-9,15H2,1-2H3,(H,30,33).